The number of imidazole rings is 1. The lowest BCUT2D eigenvalue weighted by Gasteiger charge is -2.11. The van der Waals surface area contributed by atoms with E-state index in [1.54, 1.807) is 36.7 Å². The minimum Gasteiger partial charge on any atom is -0.395 e. The van der Waals surface area contributed by atoms with Crippen molar-refractivity contribution in [3.05, 3.63) is 72.8 Å². The third-order valence-corrected chi connectivity index (χ3v) is 4.92. The lowest BCUT2D eigenvalue weighted by molar-refractivity contribution is 0.0945. The standard InChI is InChI=1S/C22H19N7O2/c30-10-8-24-22(31)14-3-5-17(6-4-14)26-20-21-23-7-9-29(21)13-19(27-20)15-1-2-16-12-25-28-18(16)11-15/h1-7,9,11-13,30H,8,10H2,(H,24,31)(H,25,28)(H,26,27). The summed E-state index contributed by atoms with van der Waals surface area (Å²) in [6.07, 6.45) is 7.31. The maximum Gasteiger partial charge on any atom is 0.251 e. The van der Waals surface area contributed by atoms with Crippen molar-refractivity contribution in [3.8, 4) is 11.3 Å². The van der Waals surface area contributed by atoms with Gasteiger partial charge in [-0.2, -0.15) is 5.10 Å². The number of hydrogen-bond donors (Lipinski definition) is 4. The molecule has 0 radical (unpaired) electrons. The molecule has 154 valence electrons. The van der Waals surface area contributed by atoms with Gasteiger partial charge in [-0.15, -0.1) is 0 Å². The Balaban J connectivity index is 1.47. The SMILES string of the molecule is O=C(NCCO)c1ccc(Nc2nc(-c3ccc4cn[nH]c4c3)cn3ccnc23)cc1. The minimum absolute atomic E-state index is 0.0962. The molecular weight excluding hydrogens is 394 g/mol. The van der Waals surface area contributed by atoms with Gasteiger partial charge in [0.05, 0.1) is 24.0 Å². The number of nitrogens with one attached hydrogen (secondary N) is 3. The Bertz CT molecular complexity index is 1370. The number of aliphatic hydroxyl groups is 1. The monoisotopic (exact) mass is 413 g/mol. The van der Waals surface area contributed by atoms with E-state index in [9.17, 15) is 4.79 Å². The summed E-state index contributed by atoms with van der Waals surface area (Å²) in [7, 11) is 0. The molecule has 9 heteroatoms. The van der Waals surface area contributed by atoms with Gasteiger partial charge < -0.3 is 20.1 Å². The van der Waals surface area contributed by atoms with Crippen molar-refractivity contribution in [2.24, 2.45) is 0 Å². The molecule has 0 spiro atoms. The van der Waals surface area contributed by atoms with Crippen LogP contribution in [0.15, 0.2) is 67.3 Å². The molecule has 0 saturated carbocycles. The molecule has 0 saturated heterocycles. The number of hydrogen-bond acceptors (Lipinski definition) is 6. The average Bonchev–Trinajstić information content (AvgIpc) is 3.46. The fraction of sp³-hybridized carbons (Fsp3) is 0.0909. The summed E-state index contributed by atoms with van der Waals surface area (Å²) in [5.41, 5.74) is 4.65. The van der Waals surface area contributed by atoms with Crippen LogP contribution in [0.2, 0.25) is 0 Å². The summed E-state index contributed by atoms with van der Waals surface area (Å²) in [6.45, 7) is 0.124. The third kappa shape index (κ3) is 3.69. The van der Waals surface area contributed by atoms with Crippen molar-refractivity contribution in [1.29, 1.82) is 0 Å². The summed E-state index contributed by atoms with van der Waals surface area (Å²) < 4.78 is 1.92. The molecule has 5 aromatic rings. The summed E-state index contributed by atoms with van der Waals surface area (Å²) in [6, 6.07) is 13.1. The molecule has 0 aliphatic carbocycles. The molecule has 0 unspecified atom stereocenters. The molecular formula is C22H19N7O2. The highest BCUT2D eigenvalue weighted by Crippen LogP contribution is 2.26. The quantitative estimate of drug-likeness (QED) is 0.340. The normalized spacial score (nSPS) is 11.1. The molecule has 31 heavy (non-hydrogen) atoms. The number of anilines is 2. The number of aromatic nitrogens is 5. The Kier molecular flexibility index (Phi) is 4.77. The molecule has 0 aliphatic rings. The van der Waals surface area contributed by atoms with Gasteiger partial charge in [-0.25, -0.2) is 9.97 Å². The van der Waals surface area contributed by atoms with Gasteiger partial charge in [0.1, 0.15) is 0 Å². The van der Waals surface area contributed by atoms with E-state index in [4.69, 9.17) is 10.1 Å². The van der Waals surface area contributed by atoms with E-state index in [-0.39, 0.29) is 19.1 Å². The van der Waals surface area contributed by atoms with E-state index in [2.05, 4.69) is 25.8 Å². The van der Waals surface area contributed by atoms with Crippen molar-refractivity contribution < 1.29 is 9.90 Å². The zero-order valence-corrected chi connectivity index (χ0v) is 16.4. The van der Waals surface area contributed by atoms with Gasteiger partial charge in [0.25, 0.3) is 5.91 Å². The van der Waals surface area contributed by atoms with Crippen LogP contribution in [0.25, 0.3) is 27.8 Å². The number of amides is 1. The smallest absolute Gasteiger partial charge is 0.251 e. The first kappa shape index (κ1) is 18.8. The predicted octanol–water partition coefficient (Wildman–Crippen LogP) is 2.74. The number of aromatic amines is 1. The number of carbonyl (C=O) groups excluding carboxylic acids is 1. The van der Waals surface area contributed by atoms with Gasteiger partial charge in [-0.1, -0.05) is 12.1 Å². The van der Waals surface area contributed by atoms with Crippen LogP contribution < -0.4 is 10.6 Å². The zero-order valence-electron chi connectivity index (χ0n) is 16.4. The molecule has 3 aromatic heterocycles. The number of rotatable bonds is 6. The Labute approximate surface area is 176 Å². The van der Waals surface area contributed by atoms with E-state index in [0.717, 1.165) is 27.8 Å². The van der Waals surface area contributed by atoms with Gasteiger partial charge in [0.2, 0.25) is 0 Å². The maximum atomic E-state index is 12.0. The highest BCUT2D eigenvalue weighted by atomic mass is 16.3. The lowest BCUT2D eigenvalue weighted by Crippen LogP contribution is -2.26. The summed E-state index contributed by atoms with van der Waals surface area (Å²) in [5.74, 6) is 0.371. The second-order valence-corrected chi connectivity index (χ2v) is 6.99. The number of benzene rings is 2. The number of carbonyl (C=O) groups is 1. The predicted molar refractivity (Wildman–Crippen MR) is 117 cm³/mol. The van der Waals surface area contributed by atoms with Gasteiger partial charge in [0, 0.05) is 47.3 Å². The summed E-state index contributed by atoms with van der Waals surface area (Å²) >= 11 is 0. The van der Waals surface area contributed by atoms with Crippen LogP contribution in [0.4, 0.5) is 11.5 Å². The van der Waals surface area contributed by atoms with E-state index in [0.29, 0.717) is 17.0 Å². The van der Waals surface area contributed by atoms with Crippen LogP contribution >= 0.6 is 0 Å². The molecule has 2 aromatic carbocycles. The topological polar surface area (TPSA) is 120 Å². The molecule has 5 rings (SSSR count). The van der Waals surface area contributed by atoms with E-state index < -0.39 is 0 Å². The number of nitrogens with zero attached hydrogens (tertiary/aromatic N) is 4. The second kappa shape index (κ2) is 7.88. The molecule has 0 bridgehead atoms. The van der Waals surface area contributed by atoms with Crippen LogP contribution in [0.1, 0.15) is 10.4 Å². The molecule has 0 atom stereocenters. The zero-order chi connectivity index (χ0) is 21.2. The Hall–Kier alpha value is -4.24. The summed E-state index contributed by atoms with van der Waals surface area (Å²) in [5, 5.41) is 22.9. The Morgan fingerprint density at radius 3 is 2.87 bits per heavy atom. The minimum atomic E-state index is -0.231. The number of H-pyrrole nitrogens is 1. The van der Waals surface area contributed by atoms with Crippen molar-refractivity contribution in [1.82, 2.24) is 29.9 Å². The molecule has 1 amide bonds. The molecule has 4 N–H and O–H groups in total. The highest BCUT2D eigenvalue weighted by molar-refractivity contribution is 5.94. The largest absolute Gasteiger partial charge is 0.395 e. The first-order valence-electron chi connectivity index (χ1n) is 9.74. The third-order valence-electron chi connectivity index (χ3n) is 4.92. The lowest BCUT2D eigenvalue weighted by atomic mass is 10.1. The van der Waals surface area contributed by atoms with Gasteiger partial charge in [-0.3, -0.25) is 9.89 Å². The molecule has 3 heterocycles. The van der Waals surface area contributed by atoms with Crippen molar-refractivity contribution in [2.45, 2.75) is 0 Å². The Morgan fingerprint density at radius 2 is 2.03 bits per heavy atom. The first-order valence-corrected chi connectivity index (χ1v) is 9.74. The van der Waals surface area contributed by atoms with Crippen molar-refractivity contribution >= 4 is 34.0 Å². The van der Waals surface area contributed by atoms with E-state index in [1.165, 1.54) is 0 Å². The van der Waals surface area contributed by atoms with Crippen molar-refractivity contribution in [3.63, 3.8) is 0 Å². The fourth-order valence-corrected chi connectivity index (χ4v) is 3.36. The summed E-state index contributed by atoms with van der Waals surface area (Å²) in [4.78, 5) is 21.2. The van der Waals surface area contributed by atoms with Crippen LogP contribution in [-0.4, -0.2) is 48.7 Å². The van der Waals surface area contributed by atoms with E-state index >= 15 is 0 Å². The highest BCUT2D eigenvalue weighted by Gasteiger charge is 2.11. The Morgan fingerprint density at radius 1 is 1.16 bits per heavy atom. The fourth-order valence-electron chi connectivity index (χ4n) is 3.36. The van der Waals surface area contributed by atoms with Crippen LogP contribution in [0.5, 0.6) is 0 Å². The van der Waals surface area contributed by atoms with Crippen LogP contribution in [0.3, 0.4) is 0 Å². The van der Waals surface area contributed by atoms with Gasteiger partial charge in [-0.05, 0) is 30.3 Å². The average molecular weight is 413 g/mol. The first-order chi connectivity index (χ1) is 15.2. The number of fused-ring (bicyclic) bond motifs is 2. The molecule has 0 aliphatic heterocycles. The molecule has 9 nitrogen and oxygen atoms in total. The number of aliphatic hydroxyl groups excluding tert-OH is 1. The van der Waals surface area contributed by atoms with Crippen molar-refractivity contribution in [2.75, 3.05) is 18.5 Å². The second-order valence-electron chi connectivity index (χ2n) is 6.99. The van der Waals surface area contributed by atoms with Gasteiger partial charge >= 0.3 is 0 Å². The molecule has 0 fully saturated rings. The van der Waals surface area contributed by atoms with Crippen LogP contribution in [0, 0.1) is 0 Å². The van der Waals surface area contributed by atoms with Gasteiger partial charge in [0.15, 0.2) is 11.5 Å². The maximum absolute atomic E-state index is 12.0. The van der Waals surface area contributed by atoms with E-state index in [1.807, 2.05) is 35.0 Å². The van der Waals surface area contributed by atoms with Crippen LogP contribution in [-0.2, 0) is 0 Å².